The lowest BCUT2D eigenvalue weighted by molar-refractivity contribution is -0.141. The van der Waals surface area contributed by atoms with Crippen LogP contribution in [0, 0.1) is 0 Å². The standard InChI is InChI=1S/C29H28F3N7O2/c1-19(21-7-4-3-5-8-21)38(2)27-26-23(9-6-14-39(26)18-40)36-28(37-27)35-16-20-10-13-25(34-15-20)41-22-11-12-24(33-17-22)29(30,31)32/h3-5,7-8,10-13,15,17-19H,6,9,14,16H2,1-2H3,(H,35,36,37). The Labute approximate surface area is 235 Å². The average molecular weight is 564 g/mol. The van der Waals surface area contributed by atoms with Gasteiger partial charge in [0.15, 0.2) is 5.82 Å². The summed E-state index contributed by atoms with van der Waals surface area (Å²) in [4.78, 5) is 32.8. The molecule has 3 aromatic heterocycles. The zero-order valence-corrected chi connectivity index (χ0v) is 22.5. The third-order valence-electron chi connectivity index (χ3n) is 6.86. The molecule has 0 bridgehead atoms. The van der Waals surface area contributed by atoms with Crippen LogP contribution in [0.2, 0.25) is 0 Å². The Morgan fingerprint density at radius 3 is 2.54 bits per heavy atom. The van der Waals surface area contributed by atoms with Crippen LogP contribution < -0.4 is 19.9 Å². The first-order valence-electron chi connectivity index (χ1n) is 13.0. The lowest BCUT2D eigenvalue weighted by Gasteiger charge is -2.33. The zero-order valence-electron chi connectivity index (χ0n) is 22.5. The van der Waals surface area contributed by atoms with Gasteiger partial charge in [-0.05, 0) is 43.0 Å². The summed E-state index contributed by atoms with van der Waals surface area (Å²) in [5.41, 5.74) is 2.46. The molecule has 1 N–H and O–H groups in total. The van der Waals surface area contributed by atoms with Crippen molar-refractivity contribution < 1.29 is 22.7 Å². The number of pyridine rings is 2. The smallest absolute Gasteiger partial charge is 0.433 e. The van der Waals surface area contributed by atoms with Crippen molar-refractivity contribution in [2.75, 3.05) is 28.7 Å². The number of ether oxygens (including phenoxy) is 1. The number of carbonyl (C=O) groups is 1. The Morgan fingerprint density at radius 2 is 1.88 bits per heavy atom. The number of alkyl halides is 3. The quantitative estimate of drug-likeness (QED) is 0.256. The van der Waals surface area contributed by atoms with Crippen LogP contribution in [-0.2, 0) is 23.9 Å². The van der Waals surface area contributed by atoms with Crippen LogP contribution in [0.3, 0.4) is 0 Å². The summed E-state index contributed by atoms with van der Waals surface area (Å²) in [6.45, 7) is 3.06. The predicted molar refractivity (Wildman–Crippen MR) is 148 cm³/mol. The van der Waals surface area contributed by atoms with Crippen molar-refractivity contribution in [2.45, 2.75) is 38.5 Å². The van der Waals surface area contributed by atoms with Crippen LogP contribution in [0.4, 0.5) is 30.6 Å². The van der Waals surface area contributed by atoms with Crippen molar-refractivity contribution in [3.63, 3.8) is 0 Å². The molecule has 1 atom stereocenters. The number of rotatable bonds is 9. The molecule has 0 radical (unpaired) electrons. The second kappa shape index (κ2) is 11.8. The first kappa shape index (κ1) is 27.8. The second-order valence-electron chi connectivity index (χ2n) is 9.60. The topological polar surface area (TPSA) is 96.4 Å². The number of aromatic nitrogens is 4. The third kappa shape index (κ3) is 6.37. The van der Waals surface area contributed by atoms with Crippen LogP contribution in [0.5, 0.6) is 11.6 Å². The zero-order chi connectivity index (χ0) is 29.0. The molecule has 0 saturated carbocycles. The molecule has 4 aromatic rings. The highest BCUT2D eigenvalue weighted by molar-refractivity contribution is 5.85. The van der Waals surface area contributed by atoms with Crippen molar-refractivity contribution in [1.82, 2.24) is 19.9 Å². The van der Waals surface area contributed by atoms with Gasteiger partial charge in [0.05, 0.1) is 17.9 Å². The average Bonchev–Trinajstić information content (AvgIpc) is 2.99. The highest BCUT2D eigenvalue weighted by Crippen LogP contribution is 2.37. The molecule has 1 unspecified atom stereocenters. The Hall–Kier alpha value is -4.74. The molecule has 1 aliphatic rings. The molecular formula is C29H28F3N7O2. The number of amides is 1. The maximum Gasteiger partial charge on any atom is 0.433 e. The summed E-state index contributed by atoms with van der Waals surface area (Å²) in [6.07, 6.45) is 0.443. The third-order valence-corrected chi connectivity index (χ3v) is 6.86. The van der Waals surface area contributed by atoms with E-state index in [-0.39, 0.29) is 17.7 Å². The van der Waals surface area contributed by atoms with Gasteiger partial charge in [0.25, 0.3) is 0 Å². The summed E-state index contributed by atoms with van der Waals surface area (Å²) in [5.74, 6) is 1.44. The maximum atomic E-state index is 12.7. The fraction of sp³-hybridized carbons (Fsp3) is 0.276. The van der Waals surface area contributed by atoms with Crippen LogP contribution >= 0.6 is 0 Å². The molecule has 212 valence electrons. The lowest BCUT2D eigenvalue weighted by Crippen LogP contribution is -2.33. The van der Waals surface area contributed by atoms with E-state index in [0.717, 1.165) is 54.0 Å². The number of anilines is 3. The number of carbonyl (C=O) groups excluding carboxylic acids is 1. The van der Waals surface area contributed by atoms with Gasteiger partial charge >= 0.3 is 6.18 Å². The van der Waals surface area contributed by atoms with Crippen molar-refractivity contribution in [3.8, 4) is 11.6 Å². The van der Waals surface area contributed by atoms with Gasteiger partial charge in [-0.3, -0.25) is 4.79 Å². The highest BCUT2D eigenvalue weighted by atomic mass is 19.4. The molecular weight excluding hydrogens is 535 g/mol. The molecule has 9 nitrogen and oxygen atoms in total. The molecule has 12 heteroatoms. The SMILES string of the molecule is CC(c1ccccc1)N(C)c1nc(NCc2ccc(Oc3ccc(C(F)(F)F)nc3)nc2)nc2c1N(C=O)CCC2. The van der Waals surface area contributed by atoms with Gasteiger partial charge in [-0.1, -0.05) is 36.4 Å². The number of nitrogens with one attached hydrogen (secondary N) is 1. The molecule has 4 heterocycles. The number of nitrogens with zero attached hydrogens (tertiary/aromatic N) is 6. The summed E-state index contributed by atoms with van der Waals surface area (Å²) in [7, 11) is 1.95. The Morgan fingerprint density at radius 1 is 1.07 bits per heavy atom. The van der Waals surface area contributed by atoms with E-state index in [2.05, 4.69) is 34.3 Å². The number of fused-ring (bicyclic) bond motifs is 1. The maximum absolute atomic E-state index is 12.7. The van der Waals surface area contributed by atoms with Gasteiger partial charge in [-0.2, -0.15) is 18.2 Å². The molecule has 41 heavy (non-hydrogen) atoms. The molecule has 0 aliphatic carbocycles. The number of aryl methyl sites for hydroxylation is 1. The lowest BCUT2D eigenvalue weighted by atomic mass is 10.1. The summed E-state index contributed by atoms with van der Waals surface area (Å²) in [6, 6.07) is 15.5. The Kier molecular flexibility index (Phi) is 7.99. The molecule has 1 aliphatic heterocycles. The van der Waals surface area contributed by atoms with E-state index < -0.39 is 11.9 Å². The normalized spacial score (nSPS) is 13.7. The predicted octanol–water partition coefficient (Wildman–Crippen LogP) is 5.80. The van der Waals surface area contributed by atoms with E-state index in [1.54, 1.807) is 23.2 Å². The van der Waals surface area contributed by atoms with Gasteiger partial charge in [0, 0.05) is 32.4 Å². The minimum atomic E-state index is -4.52. The Balaban J connectivity index is 1.32. The molecule has 5 rings (SSSR count). The second-order valence-corrected chi connectivity index (χ2v) is 9.60. The van der Waals surface area contributed by atoms with Crippen LogP contribution in [-0.4, -0.2) is 39.9 Å². The van der Waals surface area contributed by atoms with Gasteiger partial charge < -0.3 is 19.9 Å². The number of halogens is 3. The van der Waals surface area contributed by atoms with E-state index in [4.69, 9.17) is 14.7 Å². The van der Waals surface area contributed by atoms with Gasteiger partial charge in [-0.25, -0.2) is 15.0 Å². The van der Waals surface area contributed by atoms with Crippen LogP contribution in [0.25, 0.3) is 0 Å². The van der Waals surface area contributed by atoms with E-state index in [1.165, 1.54) is 6.07 Å². The molecule has 1 aromatic carbocycles. The van der Waals surface area contributed by atoms with Crippen molar-refractivity contribution in [3.05, 3.63) is 89.5 Å². The fourth-order valence-electron chi connectivity index (χ4n) is 4.54. The molecule has 0 fully saturated rings. The van der Waals surface area contributed by atoms with Crippen molar-refractivity contribution >= 4 is 23.9 Å². The van der Waals surface area contributed by atoms with Crippen molar-refractivity contribution in [1.29, 1.82) is 0 Å². The molecule has 0 spiro atoms. The number of hydrogen-bond acceptors (Lipinski definition) is 8. The summed E-state index contributed by atoms with van der Waals surface area (Å²) in [5, 5.41) is 3.25. The van der Waals surface area contributed by atoms with Crippen LogP contribution in [0.1, 0.15) is 41.9 Å². The van der Waals surface area contributed by atoms with Crippen LogP contribution in [0.15, 0.2) is 67.0 Å². The number of hydrogen-bond donors (Lipinski definition) is 1. The highest BCUT2D eigenvalue weighted by Gasteiger charge is 2.32. The largest absolute Gasteiger partial charge is 0.437 e. The van der Waals surface area contributed by atoms with E-state index in [1.807, 2.05) is 30.1 Å². The first-order valence-corrected chi connectivity index (χ1v) is 13.0. The number of benzene rings is 1. The summed E-state index contributed by atoms with van der Waals surface area (Å²) < 4.78 is 43.7. The van der Waals surface area contributed by atoms with E-state index in [9.17, 15) is 18.0 Å². The van der Waals surface area contributed by atoms with Gasteiger partial charge in [-0.15, -0.1) is 0 Å². The monoisotopic (exact) mass is 563 g/mol. The minimum Gasteiger partial charge on any atom is -0.437 e. The minimum absolute atomic E-state index is 0.00455. The van der Waals surface area contributed by atoms with Crippen molar-refractivity contribution in [2.24, 2.45) is 0 Å². The Bertz CT molecular complexity index is 1480. The van der Waals surface area contributed by atoms with Gasteiger partial charge in [0.2, 0.25) is 18.2 Å². The first-order chi connectivity index (χ1) is 19.7. The van der Waals surface area contributed by atoms with Gasteiger partial charge in [0.1, 0.15) is 17.1 Å². The molecule has 0 saturated heterocycles. The van der Waals surface area contributed by atoms with E-state index >= 15 is 0 Å². The summed E-state index contributed by atoms with van der Waals surface area (Å²) >= 11 is 0. The fourth-order valence-corrected chi connectivity index (χ4v) is 4.54. The molecule has 1 amide bonds. The van der Waals surface area contributed by atoms with E-state index in [0.29, 0.717) is 24.9 Å².